The first-order valence-electron chi connectivity index (χ1n) is 9.50. The van der Waals surface area contributed by atoms with E-state index in [-0.39, 0.29) is 11.9 Å². The molecule has 0 aromatic heterocycles. The number of carbonyl (C=O) groups is 1. The zero-order chi connectivity index (χ0) is 20.8. The Morgan fingerprint density at radius 1 is 0.897 bits per heavy atom. The number of amides is 1. The average molecular weight is 427 g/mol. The van der Waals surface area contributed by atoms with Crippen molar-refractivity contribution in [3.05, 3.63) is 94.0 Å². The third-order valence-corrected chi connectivity index (χ3v) is 5.39. The minimum Gasteiger partial charge on any atom is -0.352 e. The lowest BCUT2D eigenvalue weighted by atomic mass is 10.0. The van der Waals surface area contributed by atoms with Crippen molar-refractivity contribution in [2.24, 2.45) is 0 Å². The van der Waals surface area contributed by atoms with Gasteiger partial charge in [0.15, 0.2) is 0 Å². The van der Waals surface area contributed by atoms with E-state index in [0.717, 1.165) is 22.6 Å². The van der Waals surface area contributed by atoms with Crippen molar-refractivity contribution in [2.45, 2.75) is 12.5 Å². The van der Waals surface area contributed by atoms with Gasteiger partial charge in [-0.25, -0.2) is 0 Å². The van der Waals surface area contributed by atoms with Gasteiger partial charge in [-0.1, -0.05) is 59.6 Å². The summed E-state index contributed by atoms with van der Waals surface area (Å²) in [5.74, 6) is -0.0746. The van der Waals surface area contributed by atoms with E-state index in [1.54, 1.807) is 0 Å². The maximum atomic E-state index is 12.7. The SMILES string of the molecule is CN(C)C(CCNC(=O)c1cccc(-c2ccc(Cl)cc2)c1)c1ccc(Cl)cc1. The lowest BCUT2D eigenvalue weighted by Gasteiger charge is -2.25. The molecule has 29 heavy (non-hydrogen) atoms. The second-order valence-electron chi connectivity index (χ2n) is 7.16. The number of carbonyl (C=O) groups excluding carboxylic acids is 1. The number of nitrogens with one attached hydrogen (secondary N) is 1. The summed E-state index contributed by atoms with van der Waals surface area (Å²) in [7, 11) is 4.08. The Bertz CT molecular complexity index is 953. The van der Waals surface area contributed by atoms with Crippen LogP contribution in [-0.2, 0) is 0 Å². The zero-order valence-corrected chi connectivity index (χ0v) is 18.0. The Hall–Kier alpha value is -2.33. The van der Waals surface area contributed by atoms with Gasteiger partial charge < -0.3 is 10.2 Å². The van der Waals surface area contributed by atoms with E-state index in [2.05, 4.69) is 10.2 Å². The van der Waals surface area contributed by atoms with Gasteiger partial charge in [0.1, 0.15) is 0 Å². The quantitative estimate of drug-likeness (QED) is 0.495. The molecule has 0 saturated carbocycles. The maximum Gasteiger partial charge on any atom is 0.251 e. The molecule has 5 heteroatoms. The summed E-state index contributed by atoms with van der Waals surface area (Å²) in [6, 6.07) is 23.3. The molecule has 0 radical (unpaired) electrons. The standard InChI is InChI=1S/C24H24Cl2N2O/c1-28(2)23(18-8-12-22(26)13-9-18)14-15-27-24(29)20-5-3-4-19(16-20)17-6-10-21(25)11-7-17/h3-13,16,23H,14-15H2,1-2H3,(H,27,29). The van der Waals surface area contributed by atoms with Crippen molar-refractivity contribution in [2.75, 3.05) is 20.6 Å². The van der Waals surface area contributed by atoms with E-state index >= 15 is 0 Å². The summed E-state index contributed by atoms with van der Waals surface area (Å²) in [6.07, 6.45) is 0.803. The van der Waals surface area contributed by atoms with Crippen LogP contribution < -0.4 is 5.32 Å². The summed E-state index contributed by atoms with van der Waals surface area (Å²) in [5, 5.41) is 4.46. The van der Waals surface area contributed by atoms with Crippen molar-refractivity contribution in [3.63, 3.8) is 0 Å². The summed E-state index contributed by atoms with van der Waals surface area (Å²) < 4.78 is 0. The van der Waals surface area contributed by atoms with Crippen LogP contribution in [0.25, 0.3) is 11.1 Å². The predicted molar refractivity (Wildman–Crippen MR) is 122 cm³/mol. The monoisotopic (exact) mass is 426 g/mol. The molecule has 0 aliphatic heterocycles. The van der Waals surface area contributed by atoms with Crippen molar-refractivity contribution >= 4 is 29.1 Å². The van der Waals surface area contributed by atoms with E-state index in [9.17, 15) is 4.79 Å². The zero-order valence-electron chi connectivity index (χ0n) is 16.5. The van der Waals surface area contributed by atoms with E-state index in [1.165, 1.54) is 5.56 Å². The first-order valence-corrected chi connectivity index (χ1v) is 10.3. The van der Waals surface area contributed by atoms with Gasteiger partial charge in [0, 0.05) is 28.2 Å². The molecule has 1 amide bonds. The molecule has 0 aliphatic rings. The van der Waals surface area contributed by atoms with Crippen LogP contribution in [0.2, 0.25) is 10.0 Å². The molecule has 3 nitrogen and oxygen atoms in total. The van der Waals surface area contributed by atoms with Crippen molar-refractivity contribution in [3.8, 4) is 11.1 Å². The average Bonchev–Trinajstić information content (AvgIpc) is 2.72. The van der Waals surface area contributed by atoms with Crippen LogP contribution in [0.15, 0.2) is 72.8 Å². The van der Waals surface area contributed by atoms with E-state index in [1.807, 2.05) is 86.9 Å². The van der Waals surface area contributed by atoms with Gasteiger partial charge in [-0.15, -0.1) is 0 Å². The number of halogens is 2. The summed E-state index contributed by atoms with van der Waals surface area (Å²) in [6.45, 7) is 0.579. The second-order valence-corrected chi connectivity index (χ2v) is 8.04. The molecule has 3 rings (SSSR count). The molecule has 1 N–H and O–H groups in total. The Morgan fingerprint density at radius 3 is 2.14 bits per heavy atom. The van der Waals surface area contributed by atoms with Gasteiger partial charge in [-0.05, 0) is 73.6 Å². The Balaban J connectivity index is 1.63. The summed E-state index contributed by atoms with van der Waals surface area (Å²) in [5.41, 5.74) is 3.84. The lowest BCUT2D eigenvalue weighted by Crippen LogP contribution is -2.29. The molecule has 1 atom stereocenters. The highest BCUT2D eigenvalue weighted by molar-refractivity contribution is 6.30. The summed E-state index contributed by atoms with van der Waals surface area (Å²) in [4.78, 5) is 14.8. The third kappa shape index (κ3) is 5.83. The highest BCUT2D eigenvalue weighted by Crippen LogP contribution is 2.24. The normalized spacial score (nSPS) is 12.0. The molecular formula is C24H24Cl2N2O. The summed E-state index contributed by atoms with van der Waals surface area (Å²) >= 11 is 12.0. The largest absolute Gasteiger partial charge is 0.352 e. The van der Waals surface area contributed by atoms with E-state index in [4.69, 9.17) is 23.2 Å². The van der Waals surface area contributed by atoms with Crippen LogP contribution in [0, 0.1) is 0 Å². The van der Waals surface area contributed by atoms with Gasteiger partial charge >= 0.3 is 0 Å². The molecule has 3 aromatic rings. The fraction of sp³-hybridized carbons (Fsp3) is 0.208. The Morgan fingerprint density at radius 2 is 1.52 bits per heavy atom. The van der Waals surface area contributed by atoms with Crippen LogP contribution >= 0.6 is 23.2 Å². The van der Waals surface area contributed by atoms with Gasteiger partial charge in [0.25, 0.3) is 5.91 Å². The topological polar surface area (TPSA) is 32.3 Å². The number of nitrogens with zero attached hydrogens (tertiary/aromatic N) is 1. The van der Waals surface area contributed by atoms with E-state index in [0.29, 0.717) is 17.1 Å². The molecule has 0 heterocycles. The highest BCUT2D eigenvalue weighted by atomic mass is 35.5. The van der Waals surface area contributed by atoms with Crippen LogP contribution in [0.4, 0.5) is 0 Å². The number of rotatable bonds is 7. The van der Waals surface area contributed by atoms with Gasteiger partial charge in [0.2, 0.25) is 0 Å². The minimum atomic E-state index is -0.0746. The van der Waals surface area contributed by atoms with Crippen molar-refractivity contribution in [1.29, 1.82) is 0 Å². The molecule has 0 spiro atoms. The molecule has 150 valence electrons. The molecule has 0 saturated heterocycles. The van der Waals surface area contributed by atoms with Crippen molar-refractivity contribution in [1.82, 2.24) is 10.2 Å². The first kappa shape index (κ1) is 21.4. The number of hydrogen-bond acceptors (Lipinski definition) is 2. The molecule has 0 aliphatic carbocycles. The Labute approximate surface area is 182 Å². The highest BCUT2D eigenvalue weighted by Gasteiger charge is 2.15. The van der Waals surface area contributed by atoms with Crippen LogP contribution in [0.5, 0.6) is 0 Å². The minimum absolute atomic E-state index is 0.0746. The number of hydrogen-bond donors (Lipinski definition) is 1. The van der Waals surface area contributed by atoms with Crippen LogP contribution in [0.3, 0.4) is 0 Å². The second kappa shape index (κ2) is 9.93. The Kier molecular flexibility index (Phi) is 7.32. The van der Waals surface area contributed by atoms with Gasteiger partial charge in [0.05, 0.1) is 0 Å². The first-order chi connectivity index (χ1) is 13.9. The maximum absolute atomic E-state index is 12.7. The molecular weight excluding hydrogens is 403 g/mol. The third-order valence-electron chi connectivity index (χ3n) is 4.88. The molecule has 0 fully saturated rings. The number of benzene rings is 3. The lowest BCUT2D eigenvalue weighted by molar-refractivity contribution is 0.0949. The van der Waals surface area contributed by atoms with Gasteiger partial charge in [-0.2, -0.15) is 0 Å². The fourth-order valence-electron chi connectivity index (χ4n) is 3.31. The van der Waals surface area contributed by atoms with Gasteiger partial charge in [-0.3, -0.25) is 4.79 Å². The van der Waals surface area contributed by atoms with Crippen LogP contribution in [-0.4, -0.2) is 31.4 Å². The predicted octanol–water partition coefficient (Wildman–Crippen LogP) is 6.08. The smallest absolute Gasteiger partial charge is 0.251 e. The molecule has 0 bridgehead atoms. The van der Waals surface area contributed by atoms with Crippen molar-refractivity contribution < 1.29 is 4.79 Å². The molecule has 3 aromatic carbocycles. The van der Waals surface area contributed by atoms with Crippen LogP contribution in [0.1, 0.15) is 28.4 Å². The van der Waals surface area contributed by atoms with E-state index < -0.39 is 0 Å². The molecule has 1 unspecified atom stereocenters. The fourth-order valence-corrected chi connectivity index (χ4v) is 3.57.